The van der Waals surface area contributed by atoms with Gasteiger partial charge in [0.05, 0.1) is 6.26 Å². The van der Waals surface area contributed by atoms with E-state index in [0.29, 0.717) is 72.8 Å². The Morgan fingerprint density at radius 2 is 0.920 bits per heavy atom. The fourth-order valence-corrected chi connectivity index (χ4v) is 12.7. The van der Waals surface area contributed by atoms with E-state index in [-0.39, 0.29) is 29.0 Å². The van der Waals surface area contributed by atoms with E-state index in [9.17, 15) is 28.5 Å². The first-order valence-electron chi connectivity index (χ1n) is 31.9. The van der Waals surface area contributed by atoms with Crippen LogP contribution >= 0.6 is 38.8 Å². The molecule has 0 bridgehead atoms. The van der Waals surface area contributed by atoms with E-state index >= 15 is 0 Å². The number of benzene rings is 10. The molecular formula is C80H74Cl2N2O14P2. The van der Waals surface area contributed by atoms with Gasteiger partial charge >= 0.3 is 27.8 Å². The van der Waals surface area contributed by atoms with E-state index in [1.165, 1.54) is 6.21 Å². The Hall–Kier alpha value is -10.2. The number of nitrogens with zero attached hydrogens (tertiary/aromatic N) is 1. The molecule has 512 valence electrons. The summed E-state index contributed by atoms with van der Waals surface area (Å²) in [5.74, 6) is 4.07. The number of phosphoric acid groups is 2. The monoisotopic (exact) mass is 1420 g/mol. The normalized spacial score (nSPS) is 15.2. The molecule has 16 nitrogen and oxygen atoms in total. The first-order chi connectivity index (χ1) is 47.9. The lowest BCUT2D eigenvalue weighted by Gasteiger charge is -2.23. The largest absolute Gasteiger partial charge is 0.584 e. The summed E-state index contributed by atoms with van der Waals surface area (Å²) >= 11 is 10.1. The van der Waals surface area contributed by atoms with Crippen LogP contribution in [0.1, 0.15) is 76.0 Å². The summed E-state index contributed by atoms with van der Waals surface area (Å²) < 4.78 is 73.2. The van der Waals surface area contributed by atoms with Gasteiger partial charge in [-0.2, -0.15) is 4.99 Å². The summed E-state index contributed by atoms with van der Waals surface area (Å²) in [6.45, 7) is 14.7. The highest BCUT2D eigenvalue weighted by Gasteiger charge is 2.41. The number of nitrogens with one attached hydrogen (secondary N) is 1. The molecule has 0 saturated carbocycles. The van der Waals surface area contributed by atoms with E-state index in [4.69, 9.17) is 59.6 Å². The van der Waals surface area contributed by atoms with Crippen LogP contribution in [0.2, 0.25) is 0 Å². The van der Waals surface area contributed by atoms with Gasteiger partial charge in [-0.15, -0.1) is 23.2 Å². The number of alkyl carbamates (subject to hydrolysis) is 1. The van der Waals surface area contributed by atoms with Crippen LogP contribution in [0, 0.1) is 13.8 Å². The van der Waals surface area contributed by atoms with Crippen LogP contribution < -0.4 is 23.4 Å². The second-order valence-electron chi connectivity index (χ2n) is 24.8. The van der Waals surface area contributed by atoms with Gasteiger partial charge in [0.1, 0.15) is 57.5 Å². The van der Waals surface area contributed by atoms with Crippen LogP contribution in [-0.4, -0.2) is 51.2 Å². The minimum atomic E-state index is -4.85. The number of hydrogen-bond acceptors (Lipinski definition) is 12. The molecule has 2 aromatic heterocycles. The maximum atomic E-state index is 14.1. The molecule has 100 heavy (non-hydrogen) atoms. The van der Waals surface area contributed by atoms with Crippen LogP contribution in [0.5, 0.6) is 23.0 Å². The summed E-state index contributed by atoms with van der Waals surface area (Å²) in [6, 6.07) is 75.2. The average Bonchev–Trinajstić information content (AvgIpc) is 1.38. The Labute approximate surface area is 590 Å². The lowest BCUT2D eigenvalue weighted by atomic mass is 9.85. The predicted octanol–water partition coefficient (Wildman–Crippen LogP) is 22.4. The van der Waals surface area contributed by atoms with Crippen molar-refractivity contribution in [2.75, 3.05) is 11.8 Å². The van der Waals surface area contributed by atoms with Crippen molar-refractivity contribution < 1.29 is 64.9 Å². The molecule has 0 spiro atoms. The van der Waals surface area contributed by atoms with Crippen molar-refractivity contribution in [2.45, 2.75) is 72.6 Å². The van der Waals surface area contributed by atoms with Crippen molar-refractivity contribution >= 4 is 78.8 Å². The molecule has 3 N–H and O–H groups in total. The van der Waals surface area contributed by atoms with Crippen molar-refractivity contribution in [3.05, 3.63) is 277 Å². The third-order valence-corrected chi connectivity index (χ3v) is 17.2. The number of ether oxygens (including phenoxy) is 2. The summed E-state index contributed by atoms with van der Waals surface area (Å²) in [7, 11) is -9.71. The number of aryl methyl sites for hydroxylation is 2. The predicted molar refractivity (Wildman–Crippen MR) is 397 cm³/mol. The standard InChI is InChI=1S/C44H28O8P2.C17H21NO3.C12H15NO2.C5H6O.C2H4Cl2/c45-53(46)49-41-33(27-13-3-1-4-14-27)21-11-23-35(41)37-25-29-17-7-9-19-31(29)39(43(37)51-53)40-32-20-10-8-18-30(32)26-38-36-24-12-22-34(28-15-5-2-6-16-28)42(36)50-54(47,48)52-44(38)40;1-12-10-11-14(20-12)15(13-8-6-5-7-9-13)18-16(19)21-17(2,3)4;1-12(2,3)15-11(14)13-9-10-7-5-4-6-8-10;1-5-3-2-4-6-5;3-1-2-4/h1-26H,(H,45,46)(H,47,48);5-11,15H,1-4H3,(H,18,19);4-9H,1-3H3;2-4H,1H3;1-2H2/t;15-;;;/m.0.../s1. The number of carbonyl (C=O) groups excluding carboxylic acids is 2. The lowest BCUT2D eigenvalue weighted by molar-refractivity contribution is 0.0505. The minimum absolute atomic E-state index is 0.0573. The second-order valence-corrected chi connectivity index (χ2v) is 28.1. The van der Waals surface area contributed by atoms with E-state index < -0.39 is 39.0 Å². The third kappa shape index (κ3) is 18.8. The maximum Gasteiger partial charge on any atom is 0.584 e. The Bertz CT molecular complexity index is 4720. The van der Waals surface area contributed by atoms with Gasteiger partial charge in [-0.25, -0.2) is 18.7 Å². The van der Waals surface area contributed by atoms with Crippen molar-refractivity contribution in [1.29, 1.82) is 0 Å². The molecule has 12 aromatic rings. The molecule has 10 aromatic carbocycles. The number of para-hydroxylation sites is 2. The molecule has 0 radical (unpaired) electrons. The average molecular weight is 1420 g/mol. The summed E-state index contributed by atoms with van der Waals surface area (Å²) in [4.78, 5) is 49.9. The van der Waals surface area contributed by atoms with Crippen LogP contribution in [0.15, 0.2) is 263 Å². The van der Waals surface area contributed by atoms with E-state index in [2.05, 4.69) is 10.3 Å². The van der Waals surface area contributed by atoms with Crippen LogP contribution in [0.25, 0.3) is 77.2 Å². The number of aliphatic imine (C=N–C) groups is 1. The number of phosphoric ester groups is 2. The first-order valence-corrected chi connectivity index (χ1v) is 35.9. The molecule has 2 amide bonds. The first kappa shape index (κ1) is 72.6. The van der Waals surface area contributed by atoms with Crippen molar-refractivity contribution in [3.8, 4) is 78.6 Å². The fourth-order valence-electron chi connectivity index (χ4n) is 10.9. The van der Waals surface area contributed by atoms with Gasteiger partial charge in [0.15, 0.2) is 0 Å². The highest BCUT2D eigenvalue weighted by molar-refractivity contribution is 7.48. The van der Waals surface area contributed by atoms with Crippen LogP contribution in [0.3, 0.4) is 0 Å². The molecule has 2 aliphatic heterocycles. The lowest BCUT2D eigenvalue weighted by Crippen LogP contribution is -2.35. The summed E-state index contributed by atoms with van der Waals surface area (Å²) in [5, 5.41) is 5.73. The van der Waals surface area contributed by atoms with Gasteiger partial charge in [-0.3, -0.25) is 9.79 Å². The zero-order valence-electron chi connectivity index (χ0n) is 56.1. The number of hydrogen-bond donors (Lipinski definition) is 3. The Morgan fingerprint density at radius 1 is 0.490 bits per heavy atom. The zero-order valence-corrected chi connectivity index (χ0v) is 59.4. The Balaban J connectivity index is 0.000000190. The highest BCUT2D eigenvalue weighted by Crippen LogP contribution is 2.64. The molecule has 20 heteroatoms. The SMILES string of the molecule is CC(C)(C)OC(=O)N=Cc1ccccc1.Cc1ccc([C@@H](NC(=O)OC(C)(C)C)c2ccccc2)o1.Cc1ccco1.ClCCCl.O=P1(O)Oc2c(-c3ccccc3)cccc2-c2cc3ccccc3c(-c3c4c(cc5ccccc35)-c3cccc(-c5ccccc5)c3OP(=O)(O)O4)c2O1. The number of carbonyl (C=O) groups is 2. The van der Waals surface area contributed by atoms with Crippen molar-refractivity contribution in [3.63, 3.8) is 0 Å². The molecule has 0 saturated heterocycles. The third-order valence-electron chi connectivity index (χ3n) is 14.9. The number of fused-ring (bicyclic) bond motifs is 8. The molecule has 0 fully saturated rings. The molecule has 3 atom stereocenters. The topological polar surface area (TPSA) is 215 Å². The maximum absolute atomic E-state index is 14.1. The van der Waals surface area contributed by atoms with Crippen LogP contribution in [-0.2, 0) is 18.6 Å². The van der Waals surface area contributed by atoms with Gasteiger partial charge < -0.3 is 41.7 Å². The zero-order chi connectivity index (χ0) is 71.2. The number of rotatable bonds is 8. The number of furan rings is 2. The quantitative estimate of drug-likeness (QED) is 0.0733. The van der Waals surface area contributed by atoms with Crippen LogP contribution in [0.4, 0.5) is 9.59 Å². The molecular weight excluding hydrogens is 1350 g/mol. The molecule has 0 aliphatic carbocycles. The minimum Gasteiger partial charge on any atom is -0.470 e. The van der Waals surface area contributed by atoms with Gasteiger partial charge in [0.25, 0.3) is 0 Å². The van der Waals surface area contributed by atoms with E-state index in [1.807, 2.05) is 298 Å². The van der Waals surface area contributed by atoms with Crippen molar-refractivity contribution in [2.24, 2.45) is 4.99 Å². The number of amides is 2. The smallest absolute Gasteiger partial charge is 0.470 e. The van der Waals surface area contributed by atoms with Gasteiger partial charge in [0.2, 0.25) is 0 Å². The fraction of sp³-hybridized carbons (Fsp3) is 0.163. The molecule has 2 aliphatic rings. The molecule has 4 heterocycles. The van der Waals surface area contributed by atoms with E-state index in [0.717, 1.165) is 44.5 Å². The number of alkyl halides is 2. The van der Waals surface area contributed by atoms with Gasteiger partial charge in [-0.1, -0.05) is 206 Å². The molecule has 2 unspecified atom stereocenters. The second kappa shape index (κ2) is 32.2. The Kier molecular flexibility index (Phi) is 23.4. The van der Waals surface area contributed by atoms with E-state index in [1.54, 1.807) is 6.26 Å². The van der Waals surface area contributed by atoms with Gasteiger partial charge in [-0.05, 0) is 136 Å². The Morgan fingerprint density at radius 3 is 1.33 bits per heavy atom. The van der Waals surface area contributed by atoms with Gasteiger partial charge in [0, 0.05) is 62.5 Å². The highest BCUT2D eigenvalue weighted by atomic mass is 35.5. The molecule has 14 rings (SSSR count). The van der Waals surface area contributed by atoms with Crippen molar-refractivity contribution in [1.82, 2.24) is 5.32 Å². The summed E-state index contributed by atoms with van der Waals surface area (Å²) in [5.41, 5.74) is 6.42. The summed E-state index contributed by atoms with van der Waals surface area (Å²) in [6.07, 6.45) is 2.13. The number of halogens is 2.